The van der Waals surface area contributed by atoms with E-state index in [1.54, 1.807) is 0 Å². The predicted molar refractivity (Wildman–Crippen MR) is 206 cm³/mol. The lowest BCUT2D eigenvalue weighted by molar-refractivity contribution is 0.194. The van der Waals surface area contributed by atoms with Crippen LogP contribution in [0.25, 0.3) is 44.1 Å². The number of nitrogens with zero attached hydrogens (tertiary/aromatic N) is 5. The van der Waals surface area contributed by atoms with Crippen LogP contribution in [0.1, 0.15) is 36.8 Å². The highest BCUT2D eigenvalue weighted by Crippen LogP contribution is 2.68. The molecule has 0 amide bonds. The summed E-state index contributed by atoms with van der Waals surface area (Å²) in [6.07, 6.45) is 16.0. The Morgan fingerprint density at radius 1 is 0.451 bits per heavy atom. The monoisotopic (exact) mass is 657 g/mol. The molecule has 0 spiro atoms. The van der Waals surface area contributed by atoms with Gasteiger partial charge in [-0.15, -0.1) is 0 Å². The van der Waals surface area contributed by atoms with E-state index >= 15 is 0 Å². The van der Waals surface area contributed by atoms with Crippen LogP contribution in [0.15, 0.2) is 165 Å². The number of pyridine rings is 4. The van der Waals surface area contributed by atoms with E-state index in [4.69, 9.17) is 0 Å². The second kappa shape index (κ2) is 11.7. The van der Waals surface area contributed by atoms with Gasteiger partial charge in [0.05, 0.1) is 23.4 Å². The fraction of sp³-hybridized carbons (Fsp3) is 0.130. The van der Waals surface area contributed by atoms with Crippen LogP contribution in [0.3, 0.4) is 0 Å². The first-order valence-electron chi connectivity index (χ1n) is 17.7. The molecule has 0 atom stereocenters. The fourth-order valence-corrected chi connectivity index (χ4v) is 9.04. The summed E-state index contributed by atoms with van der Waals surface area (Å²) in [7, 11) is 0. The molecule has 4 heterocycles. The average molecular weight is 658 g/mol. The van der Waals surface area contributed by atoms with Gasteiger partial charge in [-0.1, -0.05) is 72.8 Å². The normalized spacial score (nSPS) is 19.2. The summed E-state index contributed by atoms with van der Waals surface area (Å²) in [6.45, 7) is 0. The van der Waals surface area contributed by atoms with E-state index in [1.807, 2.05) is 49.3 Å². The van der Waals surface area contributed by atoms with Gasteiger partial charge in [0.25, 0.3) is 0 Å². The summed E-state index contributed by atoms with van der Waals surface area (Å²) in [5.41, 5.74) is 13.0. The van der Waals surface area contributed by atoms with E-state index in [0.717, 1.165) is 57.1 Å². The zero-order chi connectivity index (χ0) is 33.8. The van der Waals surface area contributed by atoms with Gasteiger partial charge < -0.3 is 4.90 Å². The van der Waals surface area contributed by atoms with E-state index in [-0.39, 0.29) is 10.8 Å². The quantitative estimate of drug-likeness (QED) is 0.171. The van der Waals surface area contributed by atoms with Crippen LogP contribution in [0.5, 0.6) is 0 Å². The first kappa shape index (κ1) is 29.7. The maximum Gasteiger partial charge on any atom is 0.0891 e. The van der Waals surface area contributed by atoms with Gasteiger partial charge in [-0.3, -0.25) is 19.9 Å². The van der Waals surface area contributed by atoms with Crippen molar-refractivity contribution in [1.29, 1.82) is 0 Å². The van der Waals surface area contributed by atoms with E-state index in [1.165, 1.54) is 40.8 Å². The first-order chi connectivity index (χ1) is 25.2. The molecule has 3 aliphatic rings. The number of benzene rings is 4. The van der Waals surface area contributed by atoms with E-state index in [9.17, 15) is 0 Å². The van der Waals surface area contributed by atoms with Crippen LogP contribution in [0.4, 0.5) is 17.1 Å². The number of hydrogen-bond acceptors (Lipinski definition) is 5. The fourth-order valence-electron chi connectivity index (χ4n) is 9.04. The molecular formula is C46H35N5. The van der Waals surface area contributed by atoms with Crippen LogP contribution in [-0.2, 0) is 10.8 Å². The van der Waals surface area contributed by atoms with Crippen molar-refractivity contribution >= 4 is 38.9 Å². The SMILES string of the molecule is c1ccc(N(c2ccccc2)c2ccc(C34CCC(c5cc(-c6cncc7ncccc67)cc(-c6cncc7ncccc67)c5)(C3)C4)cc2)cc1. The topological polar surface area (TPSA) is 54.8 Å². The number of fused-ring (bicyclic) bond motifs is 3. The van der Waals surface area contributed by atoms with Crippen LogP contribution in [-0.4, -0.2) is 19.9 Å². The highest BCUT2D eigenvalue weighted by atomic mass is 15.1. The molecule has 3 saturated carbocycles. The van der Waals surface area contributed by atoms with Gasteiger partial charge >= 0.3 is 0 Å². The Bertz CT molecular complexity index is 2390. The van der Waals surface area contributed by atoms with E-state index in [0.29, 0.717) is 0 Å². The number of anilines is 3. The average Bonchev–Trinajstić information content (AvgIpc) is 3.78. The Hall–Kier alpha value is -6.20. The molecule has 4 aromatic heterocycles. The van der Waals surface area contributed by atoms with Gasteiger partial charge in [0.2, 0.25) is 0 Å². The Morgan fingerprint density at radius 2 is 0.941 bits per heavy atom. The van der Waals surface area contributed by atoms with Crippen LogP contribution in [0, 0.1) is 0 Å². The maximum atomic E-state index is 4.62. The third-order valence-electron chi connectivity index (χ3n) is 11.4. The van der Waals surface area contributed by atoms with E-state index < -0.39 is 0 Å². The molecule has 11 rings (SSSR count). The lowest BCUT2D eigenvalue weighted by Crippen LogP contribution is -2.43. The van der Waals surface area contributed by atoms with Gasteiger partial charge in [0.15, 0.2) is 0 Å². The van der Waals surface area contributed by atoms with Crippen molar-refractivity contribution in [3.63, 3.8) is 0 Å². The van der Waals surface area contributed by atoms with Crippen molar-refractivity contribution in [2.24, 2.45) is 0 Å². The highest BCUT2D eigenvalue weighted by Gasteiger charge is 2.61. The molecule has 2 bridgehead atoms. The lowest BCUT2D eigenvalue weighted by atomic mass is 9.55. The summed E-state index contributed by atoms with van der Waals surface area (Å²) in [5, 5.41) is 2.22. The molecule has 3 fully saturated rings. The van der Waals surface area contributed by atoms with Crippen LogP contribution >= 0.6 is 0 Å². The number of aromatic nitrogens is 4. The Morgan fingerprint density at radius 3 is 1.47 bits per heavy atom. The second-order valence-electron chi connectivity index (χ2n) is 14.3. The van der Waals surface area contributed by atoms with Crippen molar-refractivity contribution in [2.45, 2.75) is 36.5 Å². The van der Waals surface area contributed by atoms with Crippen molar-refractivity contribution in [2.75, 3.05) is 4.90 Å². The maximum absolute atomic E-state index is 4.62. The molecule has 0 unspecified atom stereocenters. The predicted octanol–water partition coefficient (Wildman–Crippen LogP) is 11.1. The van der Waals surface area contributed by atoms with Crippen molar-refractivity contribution < 1.29 is 0 Å². The number of para-hydroxylation sites is 2. The Labute approximate surface area is 297 Å². The smallest absolute Gasteiger partial charge is 0.0891 e. The zero-order valence-electron chi connectivity index (χ0n) is 28.2. The van der Waals surface area contributed by atoms with Crippen molar-refractivity contribution in [3.8, 4) is 22.3 Å². The molecule has 0 aliphatic heterocycles. The molecule has 51 heavy (non-hydrogen) atoms. The summed E-state index contributed by atoms with van der Waals surface area (Å²) >= 11 is 0. The van der Waals surface area contributed by atoms with Crippen molar-refractivity contribution in [1.82, 2.24) is 19.9 Å². The summed E-state index contributed by atoms with van der Waals surface area (Å²) in [6, 6.07) is 46.1. The molecule has 0 radical (unpaired) electrons. The third-order valence-corrected chi connectivity index (χ3v) is 11.4. The molecule has 5 nitrogen and oxygen atoms in total. The van der Waals surface area contributed by atoms with Gasteiger partial charge in [0, 0.05) is 63.7 Å². The second-order valence-corrected chi connectivity index (χ2v) is 14.3. The Balaban J connectivity index is 1.03. The van der Waals surface area contributed by atoms with Gasteiger partial charge in [-0.2, -0.15) is 0 Å². The highest BCUT2D eigenvalue weighted by molar-refractivity contribution is 5.97. The summed E-state index contributed by atoms with van der Waals surface area (Å²) < 4.78 is 0. The summed E-state index contributed by atoms with van der Waals surface area (Å²) in [5.74, 6) is 0. The van der Waals surface area contributed by atoms with Gasteiger partial charge in [0.1, 0.15) is 0 Å². The van der Waals surface area contributed by atoms with E-state index in [2.05, 4.69) is 140 Å². The minimum Gasteiger partial charge on any atom is -0.311 e. The number of hydrogen-bond donors (Lipinski definition) is 0. The minimum atomic E-state index is 0.121. The minimum absolute atomic E-state index is 0.121. The van der Waals surface area contributed by atoms with Crippen LogP contribution < -0.4 is 4.90 Å². The lowest BCUT2D eigenvalue weighted by Gasteiger charge is -2.49. The molecule has 3 aliphatic carbocycles. The molecule has 0 N–H and O–H groups in total. The largest absolute Gasteiger partial charge is 0.311 e. The van der Waals surface area contributed by atoms with Crippen molar-refractivity contribution in [3.05, 3.63) is 176 Å². The Kier molecular flexibility index (Phi) is 6.81. The molecular weight excluding hydrogens is 623 g/mol. The molecule has 244 valence electrons. The number of rotatable bonds is 7. The molecule has 8 aromatic rings. The first-order valence-corrected chi connectivity index (χ1v) is 17.7. The molecule has 0 saturated heterocycles. The third kappa shape index (κ3) is 4.91. The van der Waals surface area contributed by atoms with Gasteiger partial charge in [-0.05, 0) is 113 Å². The standard InChI is InChI=1S/C46H35N5/c1-3-9-36(10-4-1)51(37-11-5-2-6-12-37)38-17-15-34(16-18-38)45-19-20-46(30-45,31-45)35-24-32(41-26-47-28-43-39(41)13-7-21-49-43)23-33(25-35)42-27-48-29-44-40(42)14-8-22-50-44/h1-18,21-29H,19-20,30-31H2. The van der Waals surface area contributed by atoms with Gasteiger partial charge in [-0.25, -0.2) is 0 Å². The molecule has 5 heteroatoms. The summed E-state index contributed by atoms with van der Waals surface area (Å²) in [4.78, 5) is 20.8. The zero-order valence-corrected chi connectivity index (χ0v) is 28.2. The molecule has 4 aromatic carbocycles. The van der Waals surface area contributed by atoms with Crippen LogP contribution in [0.2, 0.25) is 0 Å².